The molecule has 0 spiro atoms. The third-order valence-electron chi connectivity index (χ3n) is 2.28. The Labute approximate surface area is 127 Å². The van der Waals surface area contributed by atoms with Crippen LogP contribution in [0.15, 0.2) is 18.3 Å². The molecule has 1 aromatic carbocycles. The summed E-state index contributed by atoms with van der Waals surface area (Å²) in [6, 6.07) is 2.24. The normalized spacial score (nSPS) is 10.4. The zero-order valence-corrected chi connectivity index (χ0v) is 10.8. The molecule has 0 bridgehead atoms. The molecule has 1 heterocycles. The number of carboxylic acid groups (broad SMARTS) is 1. The van der Waals surface area contributed by atoms with Crippen LogP contribution in [0.4, 0.5) is 13.2 Å². The monoisotopic (exact) mass is 298 g/mol. The average molecular weight is 299 g/mol. The second-order valence-electron chi connectivity index (χ2n) is 3.48. The van der Waals surface area contributed by atoms with E-state index in [-0.39, 0.29) is 35.3 Å². The van der Waals surface area contributed by atoms with E-state index in [1.54, 1.807) is 0 Å². The third kappa shape index (κ3) is 3.18. The Hall–Kier alpha value is -1.42. The van der Waals surface area contributed by atoms with Crippen LogP contribution in [0.3, 0.4) is 0 Å². The van der Waals surface area contributed by atoms with Crippen LogP contribution < -0.4 is 4.74 Å². The second-order valence-corrected chi connectivity index (χ2v) is 3.89. The van der Waals surface area contributed by atoms with E-state index in [1.807, 2.05) is 0 Å². The molecular weight excluding hydrogens is 294 g/mol. The molecule has 2 aromatic rings. The van der Waals surface area contributed by atoms with Crippen LogP contribution >= 0.6 is 11.6 Å². The summed E-state index contributed by atoms with van der Waals surface area (Å²) in [5, 5.41) is 8.45. The van der Waals surface area contributed by atoms with Crippen LogP contribution in [-0.2, 0) is 0 Å². The van der Waals surface area contributed by atoms with Crippen molar-refractivity contribution in [1.82, 2.24) is 4.98 Å². The maximum absolute atomic E-state index is 13.9. The maximum Gasteiger partial charge on any atom is 0.387 e. The van der Waals surface area contributed by atoms with Crippen molar-refractivity contribution >= 4 is 47.3 Å². The van der Waals surface area contributed by atoms with Gasteiger partial charge in [-0.2, -0.15) is 8.78 Å². The fourth-order valence-corrected chi connectivity index (χ4v) is 1.75. The van der Waals surface area contributed by atoms with E-state index in [0.29, 0.717) is 0 Å². The molecule has 20 heavy (non-hydrogen) atoms. The van der Waals surface area contributed by atoms with Crippen LogP contribution in [0.1, 0.15) is 10.4 Å². The molecule has 0 aliphatic rings. The van der Waals surface area contributed by atoms with E-state index in [1.165, 1.54) is 0 Å². The van der Waals surface area contributed by atoms with Crippen molar-refractivity contribution in [2.45, 2.75) is 6.61 Å². The molecule has 2 rings (SSSR count). The Balaban J connectivity index is 0.00000200. The number of aromatic carboxylic acids is 1. The van der Waals surface area contributed by atoms with Crippen LogP contribution in [0.25, 0.3) is 10.9 Å². The van der Waals surface area contributed by atoms with E-state index < -0.39 is 29.2 Å². The van der Waals surface area contributed by atoms with E-state index >= 15 is 0 Å². The molecule has 0 saturated heterocycles. The van der Waals surface area contributed by atoms with Crippen molar-refractivity contribution in [1.29, 1.82) is 0 Å². The van der Waals surface area contributed by atoms with Crippen molar-refractivity contribution in [3.05, 3.63) is 34.7 Å². The minimum Gasteiger partial charge on any atom is -0.478 e. The first-order valence-corrected chi connectivity index (χ1v) is 5.24. The van der Waals surface area contributed by atoms with Crippen LogP contribution in [-0.4, -0.2) is 41.5 Å². The first kappa shape index (κ1) is 16.6. The summed E-state index contributed by atoms with van der Waals surface area (Å²) in [4.78, 5) is 14.3. The quantitative estimate of drug-likeness (QED) is 0.885. The summed E-state index contributed by atoms with van der Waals surface area (Å²) in [6.45, 7) is -3.23. The van der Waals surface area contributed by atoms with Gasteiger partial charge in [-0.25, -0.2) is 9.18 Å². The van der Waals surface area contributed by atoms with E-state index in [0.717, 1.165) is 18.3 Å². The number of hydrogen-bond donors (Lipinski definition) is 1. The molecule has 1 radical (unpaired) electrons. The van der Waals surface area contributed by atoms with Crippen LogP contribution in [0, 0.1) is 5.82 Å². The number of hydrogen-bond acceptors (Lipinski definition) is 3. The fraction of sp³-hybridized carbons (Fsp3) is 0.0909. The molecule has 4 nitrogen and oxygen atoms in total. The molecule has 0 aliphatic heterocycles. The first-order valence-electron chi connectivity index (χ1n) is 4.86. The number of rotatable bonds is 3. The van der Waals surface area contributed by atoms with Crippen molar-refractivity contribution in [2.24, 2.45) is 0 Å². The van der Waals surface area contributed by atoms with Crippen molar-refractivity contribution in [2.75, 3.05) is 0 Å². The molecule has 1 aromatic heterocycles. The molecule has 0 unspecified atom stereocenters. The molecule has 0 fully saturated rings. The van der Waals surface area contributed by atoms with Gasteiger partial charge in [-0.1, -0.05) is 11.6 Å². The van der Waals surface area contributed by atoms with Gasteiger partial charge in [0.05, 0.1) is 10.6 Å². The summed E-state index contributed by atoms with van der Waals surface area (Å²) in [6.07, 6.45) is 0.911. The van der Waals surface area contributed by atoms with E-state index in [2.05, 4.69) is 9.72 Å². The van der Waals surface area contributed by atoms with Gasteiger partial charge in [0.15, 0.2) is 11.6 Å². The zero-order valence-electron chi connectivity index (χ0n) is 10.0. The zero-order chi connectivity index (χ0) is 14.2. The Morgan fingerprint density at radius 3 is 2.60 bits per heavy atom. The number of carboxylic acids is 1. The summed E-state index contributed by atoms with van der Waals surface area (Å²) >= 11 is 5.61. The Bertz CT molecular complexity index is 669. The number of alkyl halides is 2. The summed E-state index contributed by atoms with van der Waals surface area (Å²) in [5.41, 5.74) is -0.476. The van der Waals surface area contributed by atoms with Gasteiger partial charge in [0.2, 0.25) is 0 Å². The van der Waals surface area contributed by atoms with E-state index in [9.17, 15) is 18.0 Å². The number of fused-ring (bicyclic) bond motifs is 1. The maximum atomic E-state index is 13.9. The topological polar surface area (TPSA) is 59.4 Å². The second kappa shape index (κ2) is 6.35. The minimum absolute atomic E-state index is 0. The Morgan fingerprint density at radius 1 is 1.40 bits per heavy atom. The third-order valence-corrected chi connectivity index (χ3v) is 2.56. The van der Waals surface area contributed by atoms with Crippen molar-refractivity contribution < 1.29 is 27.8 Å². The van der Waals surface area contributed by atoms with Crippen molar-refractivity contribution in [3.63, 3.8) is 0 Å². The van der Waals surface area contributed by atoms with Gasteiger partial charge in [-0.15, -0.1) is 0 Å². The molecule has 0 saturated carbocycles. The van der Waals surface area contributed by atoms with Gasteiger partial charge in [-0.3, -0.25) is 4.98 Å². The molecule has 0 amide bonds. The number of carbonyl (C=O) groups is 1. The van der Waals surface area contributed by atoms with Crippen LogP contribution in [0.2, 0.25) is 5.02 Å². The predicted molar refractivity (Wildman–Crippen MR) is 66.1 cm³/mol. The average Bonchev–Trinajstić information content (AvgIpc) is 2.33. The standard InChI is InChI=1S/C11H5ClF3NO3.Li/c12-6-2-4-1-5(10(17)18)3-16-8(4)7(13)9(6)19-11(14)15;/h1-3,11H,(H,17,18);. The number of pyridine rings is 1. The number of nitrogens with zero attached hydrogens (tertiary/aromatic N) is 1. The van der Waals surface area contributed by atoms with Crippen molar-refractivity contribution in [3.8, 4) is 5.75 Å². The Morgan fingerprint density at radius 2 is 2.05 bits per heavy atom. The van der Waals surface area contributed by atoms with Crippen LogP contribution in [0.5, 0.6) is 5.75 Å². The SMILES string of the molecule is O=C(O)c1cnc2c(F)c(OC(F)F)c(Cl)cc2c1.[Li]. The van der Waals surface area contributed by atoms with Gasteiger partial charge in [0.25, 0.3) is 0 Å². The van der Waals surface area contributed by atoms with Gasteiger partial charge in [0.1, 0.15) is 5.52 Å². The summed E-state index contributed by atoms with van der Waals surface area (Å²) < 4.78 is 42.0. The fourth-order valence-electron chi connectivity index (χ4n) is 1.50. The summed E-state index contributed by atoms with van der Waals surface area (Å²) in [5.74, 6) is -3.24. The first-order chi connectivity index (χ1) is 8.90. The van der Waals surface area contributed by atoms with E-state index in [4.69, 9.17) is 16.7 Å². The van der Waals surface area contributed by atoms with Gasteiger partial charge >= 0.3 is 12.6 Å². The molecule has 101 valence electrons. The van der Waals surface area contributed by atoms with Gasteiger partial charge in [-0.05, 0) is 12.1 Å². The smallest absolute Gasteiger partial charge is 0.387 e. The molecule has 0 atom stereocenters. The predicted octanol–water partition coefficient (Wildman–Crippen LogP) is 2.95. The Kier molecular flexibility index (Phi) is 5.28. The number of aromatic nitrogens is 1. The minimum atomic E-state index is -3.23. The van der Waals surface area contributed by atoms with Gasteiger partial charge in [0, 0.05) is 30.4 Å². The number of benzene rings is 1. The molecule has 0 aliphatic carbocycles. The molecule has 9 heteroatoms. The molecule has 1 N–H and O–H groups in total. The number of halogens is 4. The number of ether oxygens (including phenoxy) is 1. The van der Waals surface area contributed by atoms with Gasteiger partial charge < -0.3 is 9.84 Å². The largest absolute Gasteiger partial charge is 0.478 e. The summed E-state index contributed by atoms with van der Waals surface area (Å²) in [7, 11) is 0. The molecular formula is C11H5ClF3LiNO3.